The monoisotopic (exact) mass is 337 g/mol. The van der Waals surface area contributed by atoms with Crippen LogP contribution in [0, 0.1) is 0 Å². The van der Waals surface area contributed by atoms with Crippen LogP contribution in [0.1, 0.15) is 12.8 Å². The van der Waals surface area contributed by atoms with E-state index in [2.05, 4.69) is 34.9 Å². The van der Waals surface area contributed by atoms with Crippen molar-refractivity contribution in [2.24, 2.45) is 0 Å². The molecule has 4 rings (SSSR count). The number of hydrogen-bond donors (Lipinski definition) is 1. The molecule has 0 saturated carbocycles. The molecule has 4 heterocycles. The molecule has 1 saturated heterocycles. The van der Waals surface area contributed by atoms with Crippen LogP contribution in [0.15, 0.2) is 41.6 Å². The normalized spacial score (nSPS) is 17.2. The summed E-state index contributed by atoms with van der Waals surface area (Å²) in [6.07, 6.45) is 5.30. The van der Waals surface area contributed by atoms with E-state index in [-0.39, 0.29) is 5.56 Å². The van der Waals surface area contributed by atoms with Crippen LogP contribution in [-0.4, -0.2) is 51.3 Å². The third-order valence-electron chi connectivity index (χ3n) is 4.58. The molecule has 1 unspecified atom stereocenters. The number of hydrogen-bond acceptors (Lipinski definition) is 7. The molecule has 3 aromatic heterocycles. The zero-order valence-corrected chi connectivity index (χ0v) is 14.0. The van der Waals surface area contributed by atoms with Gasteiger partial charge < -0.3 is 14.8 Å². The largest absolute Gasteiger partial charge is 0.358 e. The summed E-state index contributed by atoms with van der Waals surface area (Å²) in [5.74, 6) is 1.67. The number of aromatic nitrogens is 5. The molecule has 1 atom stereocenters. The van der Waals surface area contributed by atoms with Gasteiger partial charge >= 0.3 is 0 Å². The first-order valence-corrected chi connectivity index (χ1v) is 8.32. The van der Waals surface area contributed by atoms with Crippen molar-refractivity contribution in [3.63, 3.8) is 0 Å². The molecule has 1 aliphatic heterocycles. The predicted molar refractivity (Wildman–Crippen MR) is 95.8 cm³/mol. The topological polar surface area (TPSA) is 90.9 Å². The fourth-order valence-electron chi connectivity index (χ4n) is 3.34. The third-order valence-corrected chi connectivity index (χ3v) is 4.58. The van der Waals surface area contributed by atoms with Crippen LogP contribution in [-0.2, 0) is 0 Å². The van der Waals surface area contributed by atoms with E-state index >= 15 is 0 Å². The second-order valence-corrected chi connectivity index (χ2v) is 6.22. The number of nitrogens with zero attached hydrogens (tertiary/aromatic N) is 6. The molecule has 0 bridgehead atoms. The van der Waals surface area contributed by atoms with Crippen molar-refractivity contribution >= 4 is 22.7 Å². The van der Waals surface area contributed by atoms with Gasteiger partial charge in [-0.15, -0.1) is 5.10 Å². The summed E-state index contributed by atoms with van der Waals surface area (Å²) in [7, 11) is 1.99. The van der Waals surface area contributed by atoms with Crippen molar-refractivity contribution in [3.8, 4) is 0 Å². The van der Waals surface area contributed by atoms with Gasteiger partial charge in [0.2, 0.25) is 0 Å². The highest BCUT2D eigenvalue weighted by Gasteiger charge is 2.27. The molecule has 0 spiro atoms. The van der Waals surface area contributed by atoms with Gasteiger partial charge in [0.25, 0.3) is 5.56 Å². The second-order valence-electron chi connectivity index (χ2n) is 6.22. The van der Waals surface area contributed by atoms with E-state index in [4.69, 9.17) is 0 Å². The predicted octanol–water partition coefficient (Wildman–Crippen LogP) is 1.21. The number of likely N-dealkylation sites (N-methyl/N-ethyl adjacent to an activating group) is 1. The summed E-state index contributed by atoms with van der Waals surface area (Å²) in [6, 6.07) is 7.97. The average Bonchev–Trinajstić information content (AvgIpc) is 3.10. The quantitative estimate of drug-likeness (QED) is 0.765. The van der Waals surface area contributed by atoms with Crippen molar-refractivity contribution in [1.29, 1.82) is 0 Å². The number of nitrogens with one attached hydrogen (secondary N) is 1. The number of pyridine rings is 1. The zero-order chi connectivity index (χ0) is 17.2. The van der Waals surface area contributed by atoms with E-state index < -0.39 is 0 Å². The van der Waals surface area contributed by atoms with Gasteiger partial charge in [-0.1, -0.05) is 0 Å². The van der Waals surface area contributed by atoms with Gasteiger partial charge in [-0.3, -0.25) is 4.79 Å². The third kappa shape index (κ3) is 3.02. The summed E-state index contributed by atoms with van der Waals surface area (Å²) in [5.41, 5.74) is 0.745. The lowest BCUT2D eigenvalue weighted by molar-refractivity contribution is 0.644. The minimum absolute atomic E-state index is 0.220. The Bertz CT molecular complexity index is 927. The number of fused-ring (bicyclic) bond motifs is 1. The summed E-state index contributed by atoms with van der Waals surface area (Å²) in [5, 5.41) is 8.21. The van der Waals surface area contributed by atoms with Gasteiger partial charge in [-0.05, 0) is 37.1 Å². The molecule has 1 fully saturated rings. The first-order valence-electron chi connectivity index (χ1n) is 8.32. The van der Waals surface area contributed by atoms with Crippen molar-refractivity contribution in [3.05, 3.63) is 47.1 Å². The Morgan fingerprint density at radius 3 is 3.12 bits per heavy atom. The van der Waals surface area contributed by atoms with Crippen molar-refractivity contribution in [1.82, 2.24) is 25.1 Å². The highest BCUT2D eigenvalue weighted by atomic mass is 16.1. The Balaban J connectivity index is 1.56. The van der Waals surface area contributed by atoms with E-state index in [1.54, 1.807) is 6.20 Å². The van der Waals surface area contributed by atoms with E-state index in [0.717, 1.165) is 37.6 Å². The highest BCUT2D eigenvalue weighted by Crippen LogP contribution is 2.24. The van der Waals surface area contributed by atoms with Crippen LogP contribution in [0.3, 0.4) is 0 Å². The first kappa shape index (κ1) is 15.5. The Labute approximate surface area is 144 Å². The molecule has 0 radical (unpaired) electrons. The maximum absolute atomic E-state index is 11.9. The van der Waals surface area contributed by atoms with Gasteiger partial charge in [0.1, 0.15) is 5.82 Å². The van der Waals surface area contributed by atoms with Crippen LogP contribution in [0.5, 0.6) is 0 Å². The number of H-pyrrole nitrogens is 1. The smallest absolute Gasteiger partial charge is 0.277 e. The Kier molecular flexibility index (Phi) is 4.01. The van der Waals surface area contributed by atoms with Gasteiger partial charge in [0, 0.05) is 32.4 Å². The summed E-state index contributed by atoms with van der Waals surface area (Å²) < 4.78 is 0. The SMILES string of the molecule is CN(CC1CCCN1c1cccnn1)c1ccc2nc[nH]c(=O)c2n1. The molecule has 8 heteroatoms. The maximum Gasteiger partial charge on any atom is 0.277 e. The fraction of sp³-hybridized carbons (Fsp3) is 0.353. The highest BCUT2D eigenvalue weighted by molar-refractivity contribution is 5.74. The molecule has 1 aliphatic rings. The van der Waals surface area contributed by atoms with Crippen molar-refractivity contribution in [2.45, 2.75) is 18.9 Å². The van der Waals surface area contributed by atoms with Crippen LogP contribution in [0.2, 0.25) is 0 Å². The molecule has 128 valence electrons. The second kappa shape index (κ2) is 6.46. The minimum atomic E-state index is -0.220. The Morgan fingerprint density at radius 2 is 2.28 bits per heavy atom. The number of anilines is 2. The van der Waals surface area contributed by atoms with E-state index in [0.29, 0.717) is 17.1 Å². The maximum atomic E-state index is 11.9. The fourth-order valence-corrected chi connectivity index (χ4v) is 3.34. The molecule has 0 amide bonds. The summed E-state index contributed by atoms with van der Waals surface area (Å²) in [6.45, 7) is 1.78. The molecule has 0 aromatic carbocycles. The molecular formula is C17H19N7O. The van der Waals surface area contributed by atoms with Crippen LogP contribution >= 0.6 is 0 Å². The molecule has 0 aliphatic carbocycles. The average molecular weight is 337 g/mol. The minimum Gasteiger partial charge on any atom is -0.358 e. The van der Waals surface area contributed by atoms with Crippen LogP contribution in [0.4, 0.5) is 11.6 Å². The Hall–Kier alpha value is -3.03. The van der Waals surface area contributed by atoms with E-state index in [1.165, 1.54) is 6.33 Å². The van der Waals surface area contributed by atoms with Gasteiger partial charge in [-0.2, -0.15) is 5.10 Å². The van der Waals surface area contributed by atoms with E-state index in [9.17, 15) is 4.79 Å². The number of aromatic amines is 1. The molecular weight excluding hydrogens is 318 g/mol. The molecule has 1 N–H and O–H groups in total. The molecule has 25 heavy (non-hydrogen) atoms. The van der Waals surface area contributed by atoms with Gasteiger partial charge in [0.05, 0.1) is 11.8 Å². The number of rotatable bonds is 4. The van der Waals surface area contributed by atoms with Crippen LogP contribution in [0.25, 0.3) is 11.0 Å². The zero-order valence-electron chi connectivity index (χ0n) is 14.0. The standard InChI is InChI=1S/C17H19N7O/c1-23(14-7-6-13-16(21-14)17(25)19-11-18-13)10-12-4-3-9-24(12)15-5-2-8-20-22-15/h2,5-8,11-12H,3-4,9-10H2,1H3,(H,18,19,25). The van der Waals surface area contributed by atoms with Crippen LogP contribution < -0.4 is 15.4 Å². The van der Waals surface area contributed by atoms with Crippen molar-refractivity contribution in [2.75, 3.05) is 29.9 Å². The lowest BCUT2D eigenvalue weighted by atomic mass is 10.2. The van der Waals surface area contributed by atoms with Gasteiger partial charge in [0.15, 0.2) is 11.3 Å². The molecule has 3 aromatic rings. The first-order chi connectivity index (χ1) is 12.2. The summed E-state index contributed by atoms with van der Waals surface area (Å²) >= 11 is 0. The lowest BCUT2D eigenvalue weighted by Gasteiger charge is -2.29. The van der Waals surface area contributed by atoms with Crippen molar-refractivity contribution < 1.29 is 0 Å². The molecule has 8 nitrogen and oxygen atoms in total. The lowest BCUT2D eigenvalue weighted by Crippen LogP contribution is -2.39. The van der Waals surface area contributed by atoms with Gasteiger partial charge in [-0.25, -0.2) is 9.97 Å². The Morgan fingerprint density at radius 1 is 1.36 bits per heavy atom. The van der Waals surface area contributed by atoms with E-state index in [1.807, 2.05) is 31.3 Å². The summed E-state index contributed by atoms with van der Waals surface area (Å²) in [4.78, 5) is 27.5.